The van der Waals surface area contributed by atoms with Crippen LogP contribution in [0.25, 0.3) is 0 Å². The van der Waals surface area contributed by atoms with E-state index in [9.17, 15) is 4.79 Å². The van der Waals surface area contributed by atoms with Gasteiger partial charge in [0.15, 0.2) is 0 Å². The van der Waals surface area contributed by atoms with Gasteiger partial charge in [0.25, 0.3) is 0 Å². The summed E-state index contributed by atoms with van der Waals surface area (Å²) < 4.78 is 10.9. The molecule has 0 heterocycles. The van der Waals surface area contributed by atoms with Gasteiger partial charge in [-0.3, -0.25) is 4.79 Å². The van der Waals surface area contributed by atoms with Crippen molar-refractivity contribution >= 4 is 5.91 Å². The molecule has 1 atom stereocenters. The summed E-state index contributed by atoms with van der Waals surface area (Å²) in [4.78, 5) is 11.6. The van der Waals surface area contributed by atoms with Gasteiger partial charge in [0.05, 0.1) is 19.3 Å². The van der Waals surface area contributed by atoms with Gasteiger partial charge in [0.2, 0.25) is 5.91 Å². The fraction of sp³-hybridized carbons (Fsp3) is 0.611. The van der Waals surface area contributed by atoms with Crippen LogP contribution in [-0.4, -0.2) is 45.9 Å². The Labute approximate surface area is 138 Å². The quantitative estimate of drug-likeness (QED) is 0.646. The largest absolute Gasteiger partial charge is 0.383 e. The number of nitrogens with one attached hydrogen (secondary N) is 2. The highest BCUT2D eigenvalue weighted by Crippen LogP contribution is 2.32. The van der Waals surface area contributed by atoms with Crippen LogP contribution in [0.2, 0.25) is 0 Å². The lowest BCUT2D eigenvalue weighted by molar-refractivity contribution is -0.120. The summed E-state index contributed by atoms with van der Waals surface area (Å²) in [7, 11) is 1.65. The third-order valence-corrected chi connectivity index (χ3v) is 4.05. The molecule has 1 amide bonds. The molecule has 1 aromatic carbocycles. The van der Waals surface area contributed by atoms with E-state index in [0.717, 1.165) is 19.3 Å². The van der Waals surface area contributed by atoms with Crippen molar-refractivity contribution in [2.75, 3.05) is 40.0 Å². The van der Waals surface area contributed by atoms with E-state index in [1.165, 1.54) is 17.5 Å². The Morgan fingerprint density at radius 3 is 3.00 bits per heavy atom. The Morgan fingerprint density at radius 2 is 2.13 bits per heavy atom. The van der Waals surface area contributed by atoms with Gasteiger partial charge in [-0.2, -0.15) is 0 Å². The Balaban J connectivity index is 1.57. The first kappa shape index (κ1) is 17.9. The zero-order valence-corrected chi connectivity index (χ0v) is 14.0. The highest BCUT2D eigenvalue weighted by molar-refractivity contribution is 5.77. The minimum absolute atomic E-state index is 0.0177. The third-order valence-electron chi connectivity index (χ3n) is 4.05. The third kappa shape index (κ3) is 6.29. The molecule has 5 heteroatoms. The number of methoxy groups -OCH3 is 1. The van der Waals surface area contributed by atoms with E-state index >= 15 is 0 Å². The molecule has 128 valence electrons. The van der Waals surface area contributed by atoms with E-state index in [2.05, 4.69) is 34.9 Å². The summed E-state index contributed by atoms with van der Waals surface area (Å²) in [5.41, 5.74) is 2.75. The van der Waals surface area contributed by atoms with E-state index < -0.39 is 0 Å². The molecule has 2 rings (SSSR count). The molecule has 0 radical (unpaired) electrons. The number of fused-ring (bicyclic) bond motifs is 1. The van der Waals surface area contributed by atoms with E-state index in [1.807, 2.05) is 0 Å². The van der Waals surface area contributed by atoms with Crippen molar-refractivity contribution in [2.24, 2.45) is 0 Å². The molecule has 0 fully saturated rings. The molecule has 0 aliphatic heterocycles. The van der Waals surface area contributed by atoms with Crippen molar-refractivity contribution in [2.45, 2.75) is 31.8 Å². The fourth-order valence-electron chi connectivity index (χ4n) is 2.85. The first-order valence-corrected chi connectivity index (χ1v) is 8.47. The molecule has 0 bridgehead atoms. The van der Waals surface area contributed by atoms with Crippen molar-refractivity contribution in [1.82, 2.24) is 10.6 Å². The summed E-state index contributed by atoms with van der Waals surface area (Å²) in [6.07, 6.45) is 4.48. The van der Waals surface area contributed by atoms with Gasteiger partial charge in [0, 0.05) is 26.8 Å². The first-order valence-electron chi connectivity index (χ1n) is 8.47. The number of carbonyl (C=O) groups excluding carboxylic acids is 1. The Morgan fingerprint density at radius 1 is 1.26 bits per heavy atom. The van der Waals surface area contributed by atoms with Crippen LogP contribution >= 0.6 is 0 Å². The lowest BCUT2D eigenvalue weighted by Gasteiger charge is -2.25. The molecule has 0 saturated carbocycles. The molecule has 23 heavy (non-hydrogen) atoms. The highest BCUT2D eigenvalue weighted by Gasteiger charge is 2.19. The van der Waals surface area contributed by atoms with Crippen LogP contribution < -0.4 is 10.6 Å². The molecule has 1 aliphatic carbocycles. The Bertz CT molecular complexity index is 479. The minimum Gasteiger partial charge on any atom is -0.383 e. The second-order valence-corrected chi connectivity index (χ2v) is 5.82. The maximum atomic E-state index is 11.6. The molecule has 5 nitrogen and oxygen atoms in total. The molecule has 0 spiro atoms. The average molecular weight is 320 g/mol. The number of hydrogen-bond acceptors (Lipinski definition) is 4. The minimum atomic E-state index is 0.0177. The van der Waals surface area contributed by atoms with Gasteiger partial charge in [-0.25, -0.2) is 0 Å². The summed E-state index contributed by atoms with van der Waals surface area (Å²) in [6, 6.07) is 8.54. The maximum absolute atomic E-state index is 11.6. The van der Waals surface area contributed by atoms with Crippen LogP contribution in [0.15, 0.2) is 24.3 Å². The number of hydrogen-bond donors (Lipinski definition) is 2. The fourth-order valence-corrected chi connectivity index (χ4v) is 2.85. The number of rotatable bonds is 10. The Hall–Kier alpha value is -1.43. The molecule has 2 N–H and O–H groups in total. The molecule has 1 unspecified atom stereocenters. The van der Waals surface area contributed by atoms with E-state index in [1.54, 1.807) is 7.11 Å². The smallest absolute Gasteiger partial charge is 0.233 e. The predicted molar refractivity (Wildman–Crippen MR) is 90.4 cm³/mol. The van der Waals surface area contributed by atoms with Crippen LogP contribution in [0.3, 0.4) is 0 Å². The van der Waals surface area contributed by atoms with Crippen molar-refractivity contribution in [3.05, 3.63) is 35.4 Å². The highest BCUT2D eigenvalue weighted by atomic mass is 16.5. The second-order valence-electron chi connectivity index (χ2n) is 5.82. The molecule has 0 saturated heterocycles. The number of ether oxygens (including phenoxy) is 2. The van der Waals surface area contributed by atoms with Gasteiger partial charge in [-0.15, -0.1) is 0 Å². The lowest BCUT2D eigenvalue weighted by atomic mass is 9.89. The van der Waals surface area contributed by atoms with Crippen LogP contribution in [0.4, 0.5) is 0 Å². The Kier molecular flexibility index (Phi) is 8.07. The predicted octanol–water partition coefficient (Wildman–Crippen LogP) is 1.82. The van der Waals surface area contributed by atoms with Crippen molar-refractivity contribution in [1.29, 1.82) is 0 Å². The van der Waals surface area contributed by atoms with E-state index in [0.29, 0.717) is 32.8 Å². The van der Waals surface area contributed by atoms with Crippen molar-refractivity contribution in [3.8, 4) is 0 Å². The maximum Gasteiger partial charge on any atom is 0.233 e. The zero-order valence-electron chi connectivity index (χ0n) is 14.0. The number of aryl methyl sites for hydroxylation is 1. The van der Waals surface area contributed by atoms with E-state index in [-0.39, 0.29) is 12.0 Å². The standard InChI is InChI=1S/C18H28N2O3/c1-22-13-11-19-14-18(21)20-10-5-12-23-17-9-4-7-15-6-2-3-8-16(15)17/h2-3,6,8,17,19H,4-5,7,9-14H2,1H3,(H,20,21). The first-order chi connectivity index (χ1) is 11.3. The molecule has 0 aromatic heterocycles. The van der Waals surface area contributed by atoms with Gasteiger partial charge >= 0.3 is 0 Å². The SMILES string of the molecule is COCCNCC(=O)NCCCOC1CCCc2ccccc21. The van der Waals surface area contributed by atoms with Gasteiger partial charge < -0.3 is 20.1 Å². The normalized spacial score (nSPS) is 16.8. The van der Waals surface area contributed by atoms with Crippen molar-refractivity contribution in [3.63, 3.8) is 0 Å². The number of benzene rings is 1. The monoisotopic (exact) mass is 320 g/mol. The summed E-state index contributed by atoms with van der Waals surface area (Å²) in [6.45, 7) is 2.97. The number of carbonyl (C=O) groups is 1. The van der Waals surface area contributed by atoms with Gasteiger partial charge in [0.1, 0.15) is 0 Å². The topological polar surface area (TPSA) is 59.6 Å². The van der Waals surface area contributed by atoms with Crippen molar-refractivity contribution < 1.29 is 14.3 Å². The molecular weight excluding hydrogens is 292 g/mol. The second kappa shape index (κ2) is 10.4. The summed E-state index contributed by atoms with van der Waals surface area (Å²) in [5, 5.41) is 5.92. The summed E-state index contributed by atoms with van der Waals surface area (Å²) >= 11 is 0. The molecule has 1 aliphatic rings. The molecular formula is C18H28N2O3. The van der Waals surface area contributed by atoms with E-state index in [4.69, 9.17) is 9.47 Å². The number of amides is 1. The van der Waals surface area contributed by atoms with Crippen LogP contribution in [0, 0.1) is 0 Å². The zero-order chi connectivity index (χ0) is 16.3. The average Bonchev–Trinajstić information content (AvgIpc) is 2.58. The van der Waals surface area contributed by atoms with Crippen LogP contribution in [0.1, 0.15) is 36.5 Å². The van der Waals surface area contributed by atoms with Gasteiger partial charge in [-0.05, 0) is 36.8 Å². The van der Waals surface area contributed by atoms with Gasteiger partial charge in [-0.1, -0.05) is 24.3 Å². The van der Waals surface area contributed by atoms with Crippen LogP contribution in [0.5, 0.6) is 0 Å². The molecule has 1 aromatic rings. The lowest BCUT2D eigenvalue weighted by Crippen LogP contribution is -2.35. The van der Waals surface area contributed by atoms with Crippen LogP contribution in [-0.2, 0) is 20.7 Å². The summed E-state index contributed by atoms with van der Waals surface area (Å²) in [5.74, 6) is 0.0177.